The third kappa shape index (κ3) is 2.42. The lowest BCUT2D eigenvalue weighted by Gasteiger charge is -2.29. The van der Waals surface area contributed by atoms with Crippen LogP contribution in [0, 0.1) is 6.92 Å². The van der Waals surface area contributed by atoms with Crippen molar-refractivity contribution in [1.29, 1.82) is 0 Å². The van der Waals surface area contributed by atoms with Crippen LogP contribution >= 0.6 is 22.9 Å². The number of halogens is 1. The van der Waals surface area contributed by atoms with Gasteiger partial charge in [-0.1, -0.05) is 29.0 Å². The number of hydrogen-bond acceptors (Lipinski definition) is 5. The highest BCUT2D eigenvalue weighted by Crippen LogP contribution is 2.35. The summed E-state index contributed by atoms with van der Waals surface area (Å²) in [7, 11) is 0. The van der Waals surface area contributed by atoms with E-state index in [-0.39, 0.29) is 6.04 Å². The molecule has 1 unspecified atom stereocenters. The number of nitrogen functional groups attached to an aromatic ring is 1. The predicted molar refractivity (Wildman–Crippen MR) is 85.6 cm³/mol. The van der Waals surface area contributed by atoms with Crippen molar-refractivity contribution >= 4 is 40.1 Å². The monoisotopic (exact) mass is 304 g/mol. The standard InChI is InChI=1S/C14H13ClN4S/c1-9-13(20-14(16)18-9)12-5-6-17-8-19(12)11-4-2-3-10(15)7-11/h2-8,12H,1H3,(H2,16,18). The fourth-order valence-corrected chi connectivity index (χ4v) is 3.29. The van der Waals surface area contributed by atoms with Crippen LogP contribution in [0.3, 0.4) is 0 Å². The summed E-state index contributed by atoms with van der Waals surface area (Å²) in [6, 6.07) is 7.74. The van der Waals surface area contributed by atoms with Crippen LogP contribution < -0.4 is 10.6 Å². The highest BCUT2D eigenvalue weighted by atomic mass is 35.5. The molecule has 2 N–H and O–H groups in total. The first-order chi connectivity index (χ1) is 9.65. The van der Waals surface area contributed by atoms with Crippen LogP contribution in [-0.2, 0) is 0 Å². The van der Waals surface area contributed by atoms with E-state index in [1.807, 2.05) is 37.3 Å². The maximum atomic E-state index is 6.07. The second kappa shape index (κ2) is 5.26. The SMILES string of the molecule is Cc1nc(N)sc1C1C=CN=CN1c1cccc(Cl)c1. The maximum Gasteiger partial charge on any atom is 0.180 e. The summed E-state index contributed by atoms with van der Waals surface area (Å²) in [5.41, 5.74) is 7.74. The molecule has 0 spiro atoms. The largest absolute Gasteiger partial charge is 0.375 e. The highest BCUT2D eigenvalue weighted by Gasteiger charge is 2.23. The fourth-order valence-electron chi connectivity index (χ4n) is 2.19. The van der Waals surface area contributed by atoms with Gasteiger partial charge in [-0.3, -0.25) is 0 Å². The van der Waals surface area contributed by atoms with Crippen molar-refractivity contribution in [2.75, 3.05) is 10.6 Å². The highest BCUT2D eigenvalue weighted by molar-refractivity contribution is 7.15. The molecule has 20 heavy (non-hydrogen) atoms. The molecule has 0 saturated heterocycles. The third-order valence-electron chi connectivity index (χ3n) is 3.07. The van der Waals surface area contributed by atoms with Crippen LogP contribution in [0.25, 0.3) is 0 Å². The molecule has 0 radical (unpaired) electrons. The number of benzene rings is 1. The Morgan fingerprint density at radius 3 is 2.95 bits per heavy atom. The van der Waals surface area contributed by atoms with Crippen LogP contribution in [0.1, 0.15) is 16.6 Å². The molecule has 6 heteroatoms. The van der Waals surface area contributed by atoms with E-state index in [2.05, 4.69) is 14.9 Å². The predicted octanol–water partition coefficient (Wildman–Crippen LogP) is 3.79. The first-order valence-corrected chi connectivity index (χ1v) is 7.31. The van der Waals surface area contributed by atoms with Crippen LogP contribution in [0.15, 0.2) is 41.5 Å². The normalized spacial score (nSPS) is 17.7. The molecular weight excluding hydrogens is 292 g/mol. The molecule has 4 nitrogen and oxygen atoms in total. The Balaban J connectivity index is 2.03. The summed E-state index contributed by atoms with van der Waals surface area (Å²) in [4.78, 5) is 11.7. The molecule has 0 aliphatic carbocycles. The lowest BCUT2D eigenvalue weighted by Crippen LogP contribution is -2.27. The van der Waals surface area contributed by atoms with E-state index in [9.17, 15) is 0 Å². The Kier molecular flexibility index (Phi) is 3.46. The molecule has 2 heterocycles. The van der Waals surface area contributed by atoms with Crippen LogP contribution in [-0.4, -0.2) is 11.3 Å². The Bertz CT molecular complexity index is 692. The summed E-state index contributed by atoms with van der Waals surface area (Å²) < 4.78 is 0. The van der Waals surface area contributed by atoms with E-state index in [0.717, 1.165) is 16.3 Å². The van der Waals surface area contributed by atoms with Gasteiger partial charge in [0.15, 0.2) is 5.13 Å². The molecule has 1 aromatic carbocycles. The van der Waals surface area contributed by atoms with E-state index >= 15 is 0 Å². The van der Waals surface area contributed by atoms with Crippen LogP contribution in [0.2, 0.25) is 5.02 Å². The number of aromatic nitrogens is 1. The number of rotatable bonds is 2. The molecule has 0 bridgehead atoms. The van der Waals surface area contributed by atoms with Gasteiger partial charge in [-0.2, -0.15) is 0 Å². The molecule has 1 atom stereocenters. The van der Waals surface area contributed by atoms with Gasteiger partial charge in [-0.05, 0) is 31.2 Å². The van der Waals surface area contributed by atoms with Crippen molar-refractivity contribution in [3.05, 3.63) is 52.1 Å². The number of aryl methyl sites for hydroxylation is 1. The van der Waals surface area contributed by atoms with E-state index < -0.39 is 0 Å². The quantitative estimate of drug-likeness (QED) is 0.918. The molecule has 0 amide bonds. The minimum absolute atomic E-state index is 0.0424. The number of hydrogen-bond donors (Lipinski definition) is 1. The minimum Gasteiger partial charge on any atom is -0.375 e. The minimum atomic E-state index is 0.0424. The lowest BCUT2D eigenvalue weighted by atomic mass is 10.1. The van der Waals surface area contributed by atoms with Gasteiger partial charge in [0.05, 0.1) is 23.0 Å². The Morgan fingerprint density at radius 1 is 1.40 bits per heavy atom. The summed E-state index contributed by atoms with van der Waals surface area (Å²) in [6.45, 7) is 1.97. The summed E-state index contributed by atoms with van der Waals surface area (Å²) in [5, 5.41) is 1.28. The molecule has 1 aliphatic rings. The molecule has 1 aliphatic heterocycles. The zero-order valence-corrected chi connectivity index (χ0v) is 12.4. The first kappa shape index (κ1) is 13.1. The number of nitrogens with two attached hydrogens (primary N) is 1. The van der Waals surface area contributed by atoms with Crippen molar-refractivity contribution in [3.63, 3.8) is 0 Å². The van der Waals surface area contributed by atoms with E-state index in [1.165, 1.54) is 11.3 Å². The molecular formula is C14H13ClN4S. The van der Waals surface area contributed by atoms with Crippen molar-refractivity contribution < 1.29 is 0 Å². The molecule has 3 rings (SSSR count). The van der Waals surface area contributed by atoms with Gasteiger partial charge < -0.3 is 10.6 Å². The van der Waals surface area contributed by atoms with E-state index in [1.54, 1.807) is 12.5 Å². The number of thiazole rings is 1. The second-order valence-electron chi connectivity index (χ2n) is 4.44. The summed E-state index contributed by atoms with van der Waals surface area (Å²) >= 11 is 7.58. The average Bonchev–Trinajstić information content (AvgIpc) is 2.78. The molecule has 0 saturated carbocycles. The topological polar surface area (TPSA) is 54.5 Å². The van der Waals surface area contributed by atoms with Gasteiger partial charge in [-0.15, -0.1) is 0 Å². The van der Waals surface area contributed by atoms with Crippen molar-refractivity contribution in [1.82, 2.24) is 4.98 Å². The van der Waals surface area contributed by atoms with E-state index in [4.69, 9.17) is 17.3 Å². The fraction of sp³-hybridized carbons (Fsp3) is 0.143. The number of anilines is 2. The van der Waals surface area contributed by atoms with Crippen LogP contribution in [0.4, 0.5) is 10.8 Å². The van der Waals surface area contributed by atoms with Crippen molar-refractivity contribution in [2.45, 2.75) is 13.0 Å². The molecule has 1 aromatic heterocycles. The zero-order chi connectivity index (χ0) is 14.1. The van der Waals surface area contributed by atoms with Gasteiger partial charge in [0.1, 0.15) is 0 Å². The summed E-state index contributed by atoms with van der Waals surface area (Å²) in [5.74, 6) is 0. The van der Waals surface area contributed by atoms with Gasteiger partial charge in [0, 0.05) is 16.9 Å². The van der Waals surface area contributed by atoms with E-state index in [0.29, 0.717) is 10.2 Å². The van der Waals surface area contributed by atoms with Gasteiger partial charge in [0.25, 0.3) is 0 Å². The van der Waals surface area contributed by atoms with Gasteiger partial charge in [-0.25, -0.2) is 9.98 Å². The van der Waals surface area contributed by atoms with Crippen molar-refractivity contribution in [2.24, 2.45) is 4.99 Å². The average molecular weight is 305 g/mol. The maximum absolute atomic E-state index is 6.07. The Labute approximate surface area is 126 Å². The Hall–Kier alpha value is -1.85. The van der Waals surface area contributed by atoms with Crippen LogP contribution in [0.5, 0.6) is 0 Å². The third-order valence-corrected chi connectivity index (χ3v) is 4.36. The second-order valence-corrected chi connectivity index (χ2v) is 5.94. The zero-order valence-electron chi connectivity index (χ0n) is 10.8. The van der Waals surface area contributed by atoms with Gasteiger partial charge >= 0.3 is 0 Å². The smallest absolute Gasteiger partial charge is 0.180 e. The molecule has 0 fully saturated rings. The first-order valence-electron chi connectivity index (χ1n) is 6.12. The molecule has 2 aromatic rings. The number of nitrogens with zero attached hydrogens (tertiary/aromatic N) is 3. The van der Waals surface area contributed by atoms with Crippen molar-refractivity contribution in [3.8, 4) is 0 Å². The Morgan fingerprint density at radius 2 is 2.25 bits per heavy atom. The lowest BCUT2D eigenvalue weighted by molar-refractivity contribution is 0.874. The van der Waals surface area contributed by atoms with Gasteiger partial charge in [0.2, 0.25) is 0 Å². The molecule has 102 valence electrons. The number of aliphatic imine (C=N–C) groups is 1. The summed E-state index contributed by atoms with van der Waals surface area (Å²) in [6.07, 6.45) is 5.62.